The van der Waals surface area contributed by atoms with Crippen LogP contribution in [0.3, 0.4) is 0 Å². The van der Waals surface area contributed by atoms with Crippen LogP contribution in [0.2, 0.25) is 0 Å². The van der Waals surface area contributed by atoms with Crippen LogP contribution in [-0.4, -0.2) is 194 Å². The van der Waals surface area contributed by atoms with Crippen molar-refractivity contribution in [3.63, 3.8) is 0 Å². The van der Waals surface area contributed by atoms with E-state index in [4.69, 9.17) is 10.5 Å². The molecule has 98 heavy (non-hydrogen) atoms. The van der Waals surface area contributed by atoms with Gasteiger partial charge in [-0.05, 0) is 87.4 Å². The van der Waals surface area contributed by atoms with Crippen LogP contribution in [0.1, 0.15) is 206 Å². The topological polar surface area (TPSA) is 505 Å². The maximum absolute atomic E-state index is 15.0. The number of carbonyl (C=O) groups is 15. The molecular weight excluding hydrogens is 1280 g/mol. The van der Waals surface area contributed by atoms with Crippen molar-refractivity contribution < 1.29 is 97.1 Å². The Morgan fingerprint density at radius 2 is 0.949 bits per heavy atom. The van der Waals surface area contributed by atoms with Gasteiger partial charge in [0.2, 0.25) is 70.9 Å². The van der Waals surface area contributed by atoms with Gasteiger partial charge in [-0.15, -0.1) is 0 Å². The summed E-state index contributed by atoms with van der Waals surface area (Å²) in [6.45, 7) is 22.1. The molecule has 1 saturated heterocycles. The second-order valence-corrected chi connectivity index (χ2v) is 27.7. The fourth-order valence-electron chi connectivity index (χ4n) is 10.7. The van der Waals surface area contributed by atoms with Crippen molar-refractivity contribution in [3.05, 3.63) is 0 Å². The van der Waals surface area contributed by atoms with Crippen molar-refractivity contribution in [1.29, 1.82) is 0 Å². The normalized spacial score (nSPS) is 23.8. The Morgan fingerprint density at radius 3 is 1.39 bits per heavy atom. The molecule has 32 heteroatoms. The number of esters is 1. The van der Waals surface area contributed by atoms with E-state index in [9.17, 15) is 92.3 Å². The summed E-state index contributed by atoms with van der Waals surface area (Å²) in [6, 6.07) is -19.0. The number of carboxylic acids is 2. The molecule has 0 bridgehead atoms. The highest BCUT2D eigenvalue weighted by molar-refractivity contribution is 6.00. The van der Waals surface area contributed by atoms with E-state index in [1.165, 1.54) is 6.92 Å². The van der Waals surface area contributed by atoms with Gasteiger partial charge in [0, 0.05) is 6.42 Å². The number of nitrogens with one attached hydrogen (secondary N) is 11. The molecule has 14 atom stereocenters. The third-order valence-corrected chi connectivity index (χ3v) is 16.0. The number of rotatable bonds is 33. The number of aliphatic carboxylic acids is 2. The molecule has 1 rings (SSSR count). The number of hydrogen-bond donors (Lipinski definition) is 16. The van der Waals surface area contributed by atoms with Crippen LogP contribution in [0.5, 0.6) is 0 Å². The van der Waals surface area contributed by atoms with Gasteiger partial charge >= 0.3 is 17.9 Å². The van der Waals surface area contributed by atoms with Crippen LogP contribution in [0.4, 0.5) is 0 Å². The van der Waals surface area contributed by atoms with Crippen LogP contribution in [0.15, 0.2) is 0 Å². The van der Waals surface area contributed by atoms with E-state index in [1.807, 2.05) is 0 Å². The molecular formula is C66H114N12O20. The Labute approximate surface area is 575 Å². The number of unbranched alkanes of at least 4 members (excludes halogenated alkanes) is 4. The first-order valence-electron chi connectivity index (χ1n) is 34.3. The third kappa shape index (κ3) is 34.0. The van der Waals surface area contributed by atoms with Gasteiger partial charge in [0.1, 0.15) is 72.6 Å². The molecule has 0 unspecified atom stereocenters. The summed E-state index contributed by atoms with van der Waals surface area (Å²) in [6.07, 6.45) is -2.39. The molecule has 0 radical (unpaired) electrons. The van der Waals surface area contributed by atoms with Crippen molar-refractivity contribution in [2.45, 2.75) is 285 Å². The average Bonchev–Trinajstić information content (AvgIpc) is 0.856. The summed E-state index contributed by atoms with van der Waals surface area (Å²) in [5.74, 6) is -20.2. The number of aliphatic hydroxyl groups excluding tert-OH is 2. The molecule has 0 aromatic rings. The first kappa shape index (κ1) is 88.0. The van der Waals surface area contributed by atoms with E-state index in [2.05, 4.69) is 65.4 Å². The lowest BCUT2D eigenvalue weighted by atomic mass is 9.96. The molecule has 1 heterocycles. The van der Waals surface area contributed by atoms with E-state index in [-0.39, 0.29) is 68.6 Å². The SMILES string of the molecule is CCCCCCC[C@@H](O)CC(=O)N[C@H](CC(C)C)C(=O)N[C@H](CC(=O)O)C(=O)N[C@H]1C(=O)N[C@H](CC(C)C)C(=O)N[C@H](CC(C)C)C(=O)N[C@H](CO)C(=O)N[C@@H](CC(C)C)C(=O)N[C@H](CCC(N)=O)C(=O)N[C@@H](CC(C)C)C(=O)N[C@@H]([C@H](C)CC)C(=O)N[C@@H](CC(=O)O)C(=O)O[C@@H]1C. The third-order valence-electron chi connectivity index (χ3n) is 16.0. The van der Waals surface area contributed by atoms with Crippen molar-refractivity contribution in [3.8, 4) is 0 Å². The molecule has 0 aromatic carbocycles. The van der Waals surface area contributed by atoms with Crippen molar-refractivity contribution in [2.24, 2.45) is 41.2 Å². The van der Waals surface area contributed by atoms with Gasteiger partial charge in [0.05, 0.1) is 32.0 Å². The summed E-state index contributed by atoms with van der Waals surface area (Å²) < 4.78 is 5.69. The summed E-state index contributed by atoms with van der Waals surface area (Å²) in [5, 5.41) is 68.6. The van der Waals surface area contributed by atoms with Crippen molar-refractivity contribution >= 4 is 88.8 Å². The second-order valence-electron chi connectivity index (χ2n) is 27.7. The van der Waals surface area contributed by atoms with Crippen LogP contribution in [0, 0.1) is 35.5 Å². The molecule has 0 saturated carbocycles. The maximum atomic E-state index is 15.0. The zero-order valence-electron chi connectivity index (χ0n) is 59.6. The smallest absolute Gasteiger partial charge is 0.329 e. The highest BCUT2D eigenvalue weighted by Gasteiger charge is 2.41. The number of primary amides is 1. The van der Waals surface area contributed by atoms with Gasteiger partial charge < -0.3 is 89.4 Å². The predicted octanol–water partition coefficient (Wildman–Crippen LogP) is -0.140. The standard InChI is InChI=1S/C66H114N12O20/c1-15-17-18-19-20-21-40(80)29-51(82)68-42(24-33(3)4)57(88)73-47(30-52(83)84)62(93)78-55-39(14)98-66(97)48(31-53(85)86)75-64(95)54(38(13)16-2)77-61(92)46(28-37(11)12)70-56(87)41(22-23-50(67)81)69-58(89)43(25-34(5)6)72-63(94)49(32-79)76-60(91)44(26-35(7)8)71-59(90)45(27-36(9)10)74-65(55)96/h33-49,54-55,79-80H,15-32H2,1-14H3,(H2,67,81)(H,68,82)(H,69,89)(H,70,87)(H,71,90)(H,72,94)(H,73,88)(H,74,96)(H,75,95)(H,76,91)(H,77,92)(H,78,93)(H,83,84)(H,85,86)/t38-,39-,40-,41-,42-,43+,44-,45-,46+,47-,48+,49-,54+,55-/m1/s1. The number of hydrogen-bond acceptors (Lipinski definition) is 18. The molecule has 17 N–H and O–H groups in total. The molecule has 1 aliphatic heterocycles. The first-order valence-corrected chi connectivity index (χ1v) is 34.3. The molecule has 0 spiro atoms. The number of ether oxygens (including phenoxy) is 1. The molecule has 32 nitrogen and oxygen atoms in total. The number of nitrogens with two attached hydrogens (primary N) is 1. The number of amides is 12. The predicted molar refractivity (Wildman–Crippen MR) is 358 cm³/mol. The van der Waals surface area contributed by atoms with Gasteiger partial charge in [-0.2, -0.15) is 0 Å². The average molecular weight is 1400 g/mol. The molecule has 558 valence electrons. The second kappa shape index (κ2) is 44.8. The molecule has 0 aliphatic carbocycles. The summed E-state index contributed by atoms with van der Waals surface area (Å²) in [5.41, 5.74) is 5.47. The van der Waals surface area contributed by atoms with Gasteiger partial charge in [0.25, 0.3) is 0 Å². The zero-order valence-corrected chi connectivity index (χ0v) is 59.6. The lowest BCUT2D eigenvalue weighted by molar-refractivity contribution is -0.158. The number of aliphatic hydroxyl groups is 2. The Bertz CT molecular complexity index is 2690. The molecule has 12 amide bonds. The van der Waals surface area contributed by atoms with Crippen LogP contribution in [0.25, 0.3) is 0 Å². The van der Waals surface area contributed by atoms with E-state index in [0.717, 1.165) is 32.6 Å². The minimum atomic E-state index is -2.21. The number of carboxylic acid groups (broad SMARTS) is 2. The van der Waals surface area contributed by atoms with Gasteiger partial charge in [-0.1, -0.05) is 129 Å². The van der Waals surface area contributed by atoms with E-state index < -0.39 is 212 Å². The van der Waals surface area contributed by atoms with Crippen molar-refractivity contribution in [1.82, 2.24) is 58.5 Å². The first-order chi connectivity index (χ1) is 45.7. The quantitative estimate of drug-likeness (QED) is 0.0300. The summed E-state index contributed by atoms with van der Waals surface area (Å²) >= 11 is 0. The number of carbonyl (C=O) groups excluding carboxylic acids is 13. The summed E-state index contributed by atoms with van der Waals surface area (Å²) in [4.78, 5) is 209. The highest BCUT2D eigenvalue weighted by Crippen LogP contribution is 2.18. The van der Waals surface area contributed by atoms with Crippen LogP contribution >= 0.6 is 0 Å². The van der Waals surface area contributed by atoms with Crippen LogP contribution < -0.4 is 64.2 Å². The lowest BCUT2D eigenvalue weighted by Gasteiger charge is -2.31. The number of cyclic esters (lactones) is 1. The zero-order chi connectivity index (χ0) is 74.8. The van der Waals surface area contributed by atoms with E-state index in [1.54, 1.807) is 76.2 Å². The minimum absolute atomic E-state index is 0.0457. The Kier molecular flexibility index (Phi) is 40.2. The monoisotopic (exact) mass is 1390 g/mol. The van der Waals surface area contributed by atoms with Crippen molar-refractivity contribution in [2.75, 3.05) is 6.61 Å². The van der Waals surface area contributed by atoms with Gasteiger partial charge in [0.15, 0.2) is 0 Å². The van der Waals surface area contributed by atoms with E-state index in [0.29, 0.717) is 12.8 Å². The Morgan fingerprint density at radius 1 is 0.510 bits per heavy atom. The van der Waals surface area contributed by atoms with Crippen LogP contribution in [-0.2, 0) is 76.7 Å². The van der Waals surface area contributed by atoms with Gasteiger partial charge in [-0.25, -0.2) is 4.79 Å². The Hall–Kier alpha value is -8.03. The molecule has 1 aliphatic rings. The maximum Gasteiger partial charge on any atom is 0.329 e. The molecule has 0 aromatic heterocycles. The summed E-state index contributed by atoms with van der Waals surface area (Å²) in [7, 11) is 0. The Balaban J connectivity index is 4.35. The van der Waals surface area contributed by atoms with Gasteiger partial charge in [-0.3, -0.25) is 67.1 Å². The minimum Gasteiger partial charge on any atom is -0.481 e. The lowest BCUT2D eigenvalue weighted by Crippen LogP contribution is -2.63. The molecule has 1 fully saturated rings. The highest BCUT2D eigenvalue weighted by atomic mass is 16.5. The fourth-order valence-corrected chi connectivity index (χ4v) is 10.7. The van der Waals surface area contributed by atoms with E-state index >= 15 is 0 Å². The largest absolute Gasteiger partial charge is 0.481 e. The fraction of sp³-hybridized carbons (Fsp3) is 0.773.